The van der Waals surface area contributed by atoms with E-state index in [9.17, 15) is 9.90 Å². The van der Waals surface area contributed by atoms with Gasteiger partial charge in [-0.15, -0.1) is 0 Å². The van der Waals surface area contributed by atoms with Crippen LogP contribution in [0.15, 0.2) is 0 Å². The van der Waals surface area contributed by atoms with E-state index in [2.05, 4.69) is 5.32 Å². The number of hydrogen-bond donors (Lipinski definition) is 2. The summed E-state index contributed by atoms with van der Waals surface area (Å²) in [5.74, 6) is 0.506. The first-order valence-electron chi connectivity index (χ1n) is 6.75. The number of carbonyl (C=O) groups is 1. The van der Waals surface area contributed by atoms with Gasteiger partial charge in [0.25, 0.3) is 0 Å². The minimum absolute atomic E-state index is 0. The monoisotopic (exact) mass is 329 g/mol. The molecule has 1 amide bonds. The van der Waals surface area contributed by atoms with Gasteiger partial charge in [0.05, 0.1) is 18.6 Å². The Hall–Kier alpha value is -0.0505. The summed E-state index contributed by atoms with van der Waals surface area (Å²) in [4.78, 5) is 11.7. The number of aliphatic hydroxyl groups is 1. The first kappa shape index (κ1) is 20.9. The van der Waals surface area contributed by atoms with E-state index in [1.807, 2.05) is 65.7 Å². The summed E-state index contributed by atoms with van der Waals surface area (Å²) < 4.78 is 0. The first-order valence-corrected chi connectivity index (χ1v) is 6.75. The first-order chi connectivity index (χ1) is 9.45. The minimum Gasteiger partial charge on any atom is -0.394 e. The molecule has 3 nitrogen and oxygen atoms in total. The summed E-state index contributed by atoms with van der Waals surface area (Å²) in [6, 6.07) is -0.222. The van der Waals surface area contributed by atoms with Crippen LogP contribution in [0, 0.1) is 69.1 Å². The van der Waals surface area contributed by atoms with Crippen molar-refractivity contribution in [3.05, 3.63) is 63.7 Å². The second-order valence-electron chi connectivity index (χ2n) is 5.71. The van der Waals surface area contributed by atoms with Crippen molar-refractivity contribution in [3.63, 3.8) is 0 Å². The van der Waals surface area contributed by atoms with Crippen LogP contribution < -0.4 is 5.32 Å². The van der Waals surface area contributed by atoms with Crippen molar-refractivity contribution in [2.24, 2.45) is 5.41 Å². The zero-order valence-electron chi connectivity index (χ0n) is 12.7. The van der Waals surface area contributed by atoms with Gasteiger partial charge in [-0.1, -0.05) is 20.8 Å². The number of carbonyl (C=O) groups excluding carboxylic acids is 1. The molecule has 10 radical (unpaired) electrons. The molecule has 2 rings (SSSR count). The Morgan fingerprint density at radius 1 is 1.05 bits per heavy atom. The maximum atomic E-state index is 11.7. The van der Waals surface area contributed by atoms with Crippen molar-refractivity contribution in [1.29, 1.82) is 0 Å². The smallest absolute Gasteiger partial charge is 0.394 e. The molecule has 0 unspecified atom stereocenters. The molecule has 0 aromatic heterocycles. The average molecular weight is 329 g/mol. The van der Waals surface area contributed by atoms with Crippen molar-refractivity contribution in [2.45, 2.75) is 26.8 Å². The molecule has 0 bridgehead atoms. The Labute approximate surface area is 141 Å². The van der Waals surface area contributed by atoms with E-state index < -0.39 is 0 Å². The third-order valence-corrected chi connectivity index (χ3v) is 3.01. The standard InChI is InChI=1S/C12H18NO2.C5H5.Fe/c1-12(2,3)10(8-14)13-11(15)9-6-4-5-7-9;1-2-4-5-3-1;/h4-7,10,14H,8H2,1-3H3,(H,13,15);1-5H;/q;;+2/t10-;;/m1../s1. The molecular formula is C17H23FeNO2+2. The van der Waals surface area contributed by atoms with Crippen LogP contribution in [-0.2, 0) is 21.9 Å². The summed E-state index contributed by atoms with van der Waals surface area (Å²) in [5.41, 5.74) is -0.142. The second kappa shape index (κ2) is 10.6. The second-order valence-corrected chi connectivity index (χ2v) is 5.71. The van der Waals surface area contributed by atoms with Gasteiger partial charge in [-0.05, 0) is 63.2 Å². The van der Waals surface area contributed by atoms with Crippen LogP contribution in [0.3, 0.4) is 0 Å². The van der Waals surface area contributed by atoms with Crippen LogP contribution in [0.5, 0.6) is 0 Å². The largest absolute Gasteiger partial charge is 2.00 e. The van der Waals surface area contributed by atoms with Gasteiger partial charge in [-0.25, -0.2) is 0 Å². The molecule has 0 spiro atoms. The molecular weight excluding hydrogens is 306 g/mol. The zero-order valence-corrected chi connectivity index (χ0v) is 13.8. The van der Waals surface area contributed by atoms with Crippen LogP contribution >= 0.6 is 0 Å². The Morgan fingerprint density at radius 3 is 1.81 bits per heavy atom. The molecule has 2 aliphatic rings. The van der Waals surface area contributed by atoms with Gasteiger partial charge in [-0.3, -0.25) is 4.79 Å². The third kappa shape index (κ3) is 8.23. The zero-order chi connectivity index (χ0) is 15.0. The van der Waals surface area contributed by atoms with E-state index in [1.165, 1.54) is 0 Å². The molecule has 114 valence electrons. The minimum atomic E-state index is -0.222. The summed E-state index contributed by atoms with van der Waals surface area (Å²) in [7, 11) is 0. The summed E-state index contributed by atoms with van der Waals surface area (Å²) >= 11 is 0. The Bertz CT molecular complexity index is 271. The molecule has 0 aliphatic heterocycles. The van der Waals surface area contributed by atoms with Gasteiger partial charge in [-0.2, -0.15) is 0 Å². The summed E-state index contributed by atoms with van der Waals surface area (Å²) in [6.45, 7) is 5.91. The number of aliphatic hydroxyl groups excluding tert-OH is 1. The fourth-order valence-electron chi connectivity index (χ4n) is 1.62. The van der Waals surface area contributed by atoms with E-state index in [0.717, 1.165) is 0 Å². The van der Waals surface area contributed by atoms with Gasteiger partial charge in [0.1, 0.15) is 0 Å². The number of hydrogen-bond acceptors (Lipinski definition) is 2. The molecule has 2 N–H and O–H groups in total. The maximum absolute atomic E-state index is 11.7. The van der Waals surface area contributed by atoms with Crippen molar-refractivity contribution in [1.82, 2.24) is 5.32 Å². The molecule has 2 aliphatic carbocycles. The van der Waals surface area contributed by atoms with E-state index >= 15 is 0 Å². The summed E-state index contributed by atoms with van der Waals surface area (Å²) in [6.07, 6.45) is 17.2. The quantitative estimate of drug-likeness (QED) is 0.778. The molecule has 4 heteroatoms. The number of nitrogens with one attached hydrogen (secondary N) is 1. The van der Waals surface area contributed by atoms with Crippen LogP contribution in [0.2, 0.25) is 0 Å². The molecule has 0 aromatic carbocycles. The fourth-order valence-corrected chi connectivity index (χ4v) is 1.62. The molecule has 0 heterocycles. The van der Waals surface area contributed by atoms with E-state index in [0.29, 0.717) is 5.92 Å². The third-order valence-electron chi connectivity index (χ3n) is 3.01. The van der Waals surface area contributed by atoms with Gasteiger partial charge in [0, 0.05) is 0 Å². The predicted octanol–water partition coefficient (Wildman–Crippen LogP) is 1.93. The van der Waals surface area contributed by atoms with Gasteiger partial charge >= 0.3 is 17.1 Å². The van der Waals surface area contributed by atoms with E-state index in [-0.39, 0.29) is 41.0 Å². The van der Waals surface area contributed by atoms with Crippen LogP contribution in [0.1, 0.15) is 20.8 Å². The summed E-state index contributed by atoms with van der Waals surface area (Å²) in [5, 5.41) is 12.0. The Morgan fingerprint density at radius 2 is 1.48 bits per heavy atom. The Balaban J connectivity index is 0.000000562. The van der Waals surface area contributed by atoms with E-state index in [1.54, 1.807) is 12.8 Å². The number of amides is 1. The average Bonchev–Trinajstić information content (AvgIpc) is 3.07. The van der Waals surface area contributed by atoms with Crippen LogP contribution in [-0.4, -0.2) is 23.7 Å². The van der Waals surface area contributed by atoms with E-state index in [4.69, 9.17) is 0 Å². The SMILES string of the molecule is CC(C)(C)[C@@H](CO)NC(=O)[C]1[CH][CH][CH][CH]1.[CH]1[CH][CH][CH][CH]1.[Fe+2]. The van der Waals surface area contributed by atoms with Crippen molar-refractivity contribution < 1.29 is 27.0 Å². The van der Waals surface area contributed by atoms with Crippen LogP contribution in [0.25, 0.3) is 0 Å². The van der Waals surface area contributed by atoms with Crippen molar-refractivity contribution in [2.75, 3.05) is 6.61 Å². The van der Waals surface area contributed by atoms with Crippen LogP contribution in [0.4, 0.5) is 0 Å². The fraction of sp³-hybridized carbons (Fsp3) is 0.353. The molecule has 0 saturated heterocycles. The number of rotatable bonds is 3. The predicted molar refractivity (Wildman–Crippen MR) is 80.4 cm³/mol. The molecule has 0 aromatic rings. The topological polar surface area (TPSA) is 49.3 Å². The van der Waals surface area contributed by atoms with Gasteiger partial charge in [0.2, 0.25) is 5.91 Å². The molecule has 2 saturated carbocycles. The van der Waals surface area contributed by atoms with Gasteiger partial charge < -0.3 is 10.4 Å². The van der Waals surface area contributed by atoms with Crippen molar-refractivity contribution in [3.8, 4) is 0 Å². The normalized spacial score (nSPS) is 20.2. The molecule has 21 heavy (non-hydrogen) atoms. The molecule has 2 fully saturated rings. The maximum Gasteiger partial charge on any atom is 2.00 e. The van der Waals surface area contributed by atoms with Crippen molar-refractivity contribution >= 4 is 5.91 Å². The van der Waals surface area contributed by atoms with Gasteiger partial charge in [0.15, 0.2) is 0 Å². The molecule has 1 atom stereocenters. The Kier molecular flexibility index (Phi) is 10.6.